The average molecular weight is 579 g/mol. The number of hydrogen-bond acceptors (Lipinski definition) is 7. The first-order chi connectivity index (χ1) is 20.1. The largest absolute Gasteiger partial charge is 0.463 e. The molecule has 0 radical (unpaired) electrons. The molecule has 1 aliphatic heterocycles. The highest BCUT2D eigenvalue weighted by Crippen LogP contribution is 2.23. The van der Waals surface area contributed by atoms with Crippen molar-refractivity contribution in [3.63, 3.8) is 0 Å². The van der Waals surface area contributed by atoms with Crippen LogP contribution in [0.2, 0.25) is 0 Å². The number of nitrogens with one attached hydrogen (secondary N) is 1. The number of ether oxygens (including phenoxy) is 2. The Labute approximate surface area is 247 Å². The van der Waals surface area contributed by atoms with Crippen LogP contribution in [0.5, 0.6) is 0 Å². The number of esters is 2. The summed E-state index contributed by atoms with van der Waals surface area (Å²) in [6, 6.07) is 18.0. The fourth-order valence-electron chi connectivity index (χ4n) is 4.69. The number of nitrogens with zero attached hydrogens (tertiary/aromatic N) is 1. The summed E-state index contributed by atoms with van der Waals surface area (Å²) >= 11 is 0. The minimum Gasteiger partial charge on any atom is -0.463 e. The van der Waals surface area contributed by atoms with Crippen molar-refractivity contribution in [2.45, 2.75) is 64.6 Å². The lowest BCUT2D eigenvalue weighted by atomic mass is 9.95. The van der Waals surface area contributed by atoms with E-state index >= 15 is 0 Å². The van der Waals surface area contributed by atoms with Crippen LogP contribution < -0.4 is 5.32 Å². The fourth-order valence-corrected chi connectivity index (χ4v) is 4.69. The Morgan fingerprint density at radius 3 is 2.19 bits per heavy atom. The minimum atomic E-state index is -0.756. The topological polar surface area (TPSA) is 122 Å². The van der Waals surface area contributed by atoms with Crippen LogP contribution in [0.1, 0.15) is 63.6 Å². The number of amides is 2. The van der Waals surface area contributed by atoms with Crippen LogP contribution in [-0.4, -0.2) is 59.1 Å². The first kappa shape index (κ1) is 32.5. The Morgan fingerprint density at radius 1 is 0.952 bits per heavy atom. The quantitative estimate of drug-likeness (QED) is 0.339. The lowest BCUT2D eigenvalue weighted by molar-refractivity contribution is -0.161. The minimum absolute atomic E-state index is 0.0638. The molecule has 2 aromatic carbocycles. The zero-order valence-electron chi connectivity index (χ0n) is 24.7. The number of cyclic esters (lactones) is 1. The van der Waals surface area contributed by atoms with E-state index in [-0.39, 0.29) is 57.3 Å². The van der Waals surface area contributed by atoms with E-state index in [1.165, 1.54) is 0 Å². The normalized spacial score (nSPS) is 20.7. The number of carbonyl (C=O) groups is 4. The van der Waals surface area contributed by atoms with Crippen molar-refractivity contribution >= 4 is 23.8 Å². The smallest absolute Gasteiger partial charge is 0.309 e. The van der Waals surface area contributed by atoms with E-state index in [0.717, 1.165) is 11.1 Å². The molecule has 3 atom stereocenters. The summed E-state index contributed by atoms with van der Waals surface area (Å²) in [5.41, 5.74) is 0.977. The van der Waals surface area contributed by atoms with E-state index in [2.05, 4.69) is 5.32 Å². The molecular weight excluding hydrogens is 536 g/mol. The van der Waals surface area contributed by atoms with Crippen LogP contribution >= 0.6 is 0 Å². The molecule has 0 unspecified atom stereocenters. The third kappa shape index (κ3) is 10.8. The van der Waals surface area contributed by atoms with Gasteiger partial charge in [0.15, 0.2) is 0 Å². The standard InChI is InChI=1S/C33H42N2O7/c1-33(2,3)42-30(38)21-27-17-11-10-16-26(20-29(37)35(18-19-36)22-24-12-6-4-7-13-24)31(39)34-28(23-41-32(27)40)25-14-8-5-9-15-25/h4-15,26-28,36H,16-23H2,1-3H3,(H,34,39)/b11-10-/t26-,27-,28+/m0/s1. The molecule has 2 aromatic rings. The van der Waals surface area contributed by atoms with Gasteiger partial charge in [-0.05, 0) is 44.7 Å². The highest BCUT2D eigenvalue weighted by atomic mass is 16.6. The predicted octanol–water partition coefficient (Wildman–Crippen LogP) is 4.11. The van der Waals surface area contributed by atoms with Gasteiger partial charge in [0.2, 0.25) is 11.8 Å². The molecule has 9 nitrogen and oxygen atoms in total. The van der Waals surface area contributed by atoms with Gasteiger partial charge in [-0.15, -0.1) is 0 Å². The lowest BCUT2D eigenvalue weighted by Crippen LogP contribution is -2.40. The molecule has 0 spiro atoms. The van der Waals surface area contributed by atoms with Gasteiger partial charge < -0.3 is 24.8 Å². The van der Waals surface area contributed by atoms with E-state index in [9.17, 15) is 24.3 Å². The number of benzene rings is 2. The summed E-state index contributed by atoms with van der Waals surface area (Å²) < 4.78 is 11.1. The molecule has 9 heteroatoms. The second kappa shape index (κ2) is 15.9. The molecule has 0 saturated carbocycles. The molecule has 3 rings (SSSR count). The van der Waals surface area contributed by atoms with E-state index in [1.807, 2.05) is 60.7 Å². The fraction of sp³-hybridized carbons (Fsp3) is 0.455. The zero-order chi connectivity index (χ0) is 30.5. The maximum atomic E-state index is 13.5. The predicted molar refractivity (Wildman–Crippen MR) is 158 cm³/mol. The first-order valence-electron chi connectivity index (χ1n) is 14.4. The second-order valence-electron chi connectivity index (χ2n) is 11.5. The van der Waals surface area contributed by atoms with Crippen LogP contribution in [0, 0.1) is 11.8 Å². The number of aliphatic hydroxyl groups is 1. The van der Waals surface area contributed by atoms with E-state index < -0.39 is 35.4 Å². The van der Waals surface area contributed by atoms with Gasteiger partial charge >= 0.3 is 11.9 Å². The van der Waals surface area contributed by atoms with Crippen molar-refractivity contribution in [3.8, 4) is 0 Å². The molecule has 0 aliphatic carbocycles. The third-order valence-corrected chi connectivity index (χ3v) is 6.82. The van der Waals surface area contributed by atoms with Gasteiger partial charge in [0, 0.05) is 19.5 Å². The van der Waals surface area contributed by atoms with Crippen molar-refractivity contribution in [2.75, 3.05) is 19.8 Å². The maximum absolute atomic E-state index is 13.5. The zero-order valence-corrected chi connectivity index (χ0v) is 24.7. The van der Waals surface area contributed by atoms with Crippen molar-refractivity contribution in [3.05, 3.63) is 83.9 Å². The van der Waals surface area contributed by atoms with Crippen molar-refractivity contribution in [2.24, 2.45) is 11.8 Å². The number of rotatable bonds is 9. The Morgan fingerprint density at radius 2 is 1.57 bits per heavy atom. The monoisotopic (exact) mass is 578 g/mol. The number of hydrogen-bond donors (Lipinski definition) is 2. The second-order valence-corrected chi connectivity index (χ2v) is 11.5. The molecular formula is C33H42N2O7. The number of aliphatic hydroxyl groups excluding tert-OH is 1. The van der Waals surface area contributed by atoms with Crippen molar-refractivity contribution < 1.29 is 33.8 Å². The number of carbonyl (C=O) groups excluding carboxylic acids is 4. The maximum Gasteiger partial charge on any atom is 0.309 e. The van der Waals surface area contributed by atoms with Gasteiger partial charge in [-0.1, -0.05) is 72.8 Å². The highest BCUT2D eigenvalue weighted by Gasteiger charge is 2.30. The van der Waals surface area contributed by atoms with Gasteiger partial charge in [0.1, 0.15) is 12.2 Å². The Kier molecular flexibility index (Phi) is 12.3. The van der Waals surface area contributed by atoms with Crippen LogP contribution in [0.15, 0.2) is 72.8 Å². The first-order valence-corrected chi connectivity index (χ1v) is 14.4. The molecule has 226 valence electrons. The Bertz CT molecular complexity index is 1210. The molecule has 2 amide bonds. The summed E-state index contributed by atoms with van der Waals surface area (Å²) in [6.45, 7) is 5.43. The average Bonchev–Trinajstić information content (AvgIpc) is 2.95. The molecule has 0 saturated heterocycles. The summed E-state index contributed by atoms with van der Waals surface area (Å²) in [6.07, 6.45) is 3.78. The van der Waals surface area contributed by atoms with Crippen molar-refractivity contribution in [1.82, 2.24) is 10.2 Å². The molecule has 1 heterocycles. The third-order valence-electron chi connectivity index (χ3n) is 6.82. The molecule has 42 heavy (non-hydrogen) atoms. The highest BCUT2D eigenvalue weighted by molar-refractivity contribution is 5.86. The van der Waals surface area contributed by atoms with E-state index in [1.54, 1.807) is 37.8 Å². The van der Waals surface area contributed by atoms with Gasteiger partial charge in [-0.25, -0.2) is 0 Å². The molecule has 0 fully saturated rings. The number of allylic oxidation sites excluding steroid dienone is 2. The molecule has 1 aliphatic rings. The lowest BCUT2D eigenvalue weighted by Gasteiger charge is -2.27. The summed E-state index contributed by atoms with van der Waals surface area (Å²) in [5, 5.41) is 12.6. The van der Waals surface area contributed by atoms with Crippen LogP contribution in [0.3, 0.4) is 0 Å². The van der Waals surface area contributed by atoms with Gasteiger partial charge in [-0.3, -0.25) is 19.2 Å². The SMILES string of the molecule is CC(C)(C)OC(=O)C[C@@H]1C/C=C\C[C@@H](CC(=O)N(CCO)Cc2ccccc2)C(=O)N[C@@H](c2ccccc2)COC1=O. The molecule has 0 bridgehead atoms. The molecule has 2 N–H and O–H groups in total. The van der Waals surface area contributed by atoms with Gasteiger partial charge in [0.05, 0.1) is 30.9 Å². The van der Waals surface area contributed by atoms with Gasteiger partial charge in [0.25, 0.3) is 0 Å². The van der Waals surface area contributed by atoms with Crippen LogP contribution in [-0.2, 0) is 35.2 Å². The van der Waals surface area contributed by atoms with Crippen LogP contribution in [0.4, 0.5) is 0 Å². The van der Waals surface area contributed by atoms with E-state index in [0.29, 0.717) is 6.54 Å². The Balaban J connectivity index is 1.82. The molecule has 0 aromatic heterocycles. The summed E-state index contributed by atoms with van der Waals surface area (Å²) in [7, 11) is 0. The summed E-state index contributed by atoms with van der Waals surface area (Å²) in [4.78, 5) is 54.1. The van der Waals surface area contributed by atoms with E-state index in [4.69, 9.17) is 9.47 Å². The van der Waals surface area contributed by atoms with Crippen molar-refractivity contribution in [1.29, 1.82) is 0 Å². The summed E-state index contributed by atoms with van der Waals surface area (Å²) in [5.74, 6) is -3.09. The van der Waals surface area contributed by atoms with Gasteiger partial charge in [-0.2, -0.15) is 0 Å². The van der Waals surface area contributed by atoms with Crippen LogP contribution in [0.25, 0.3) is 0 Å². The Hall–Kier alpha value is -3.98.